The Kier molecular flexibility index (Phi) is 3.02. The van der Waals surface area contributed by atoms with Crippen LogP contribution in [0.25, 0.3) is 0 Å². The van der Waals surface area contributed by atoms with E-state index in [9.17, 15) is 13.2 Å². The highest BCUT2D eigenvalue weighted by molar-refractivity contribution is 7.73. The quantitative estimate of drug-likeness (QED) is 0.455. The molecule has 1 aliphatic carbocycles. The maximum Gasteiger partial charge on any atom is 0.308 e. The summed E-state index contributed by atoms with van der Waals surface area (Å²) in [5.74, 6) is -0.0238. The molecule has 0 aromatic carbocycles. The van der Waals surface area contributed by atoms with Crippen LogP contribution in [0, 0.1) is 0 Å². The van der Waals surface area contributed by atoms with Gasteiger partial charge in [0.25, 0.3) is 0 Å². The van der Waals surface area contributed by atoms with Gasteiger partial charge in [-0.15, -0.1) is 0 Å². The summed E-state index contributed by atoms with van der Waals surface area (Å²) >= 11 is 0. The van der Waals surface area contributed by atoms with Crippen molar-refractivity contribution in [2.45, 2.75) is 13.3 Å². The molecule has 0 saturated heterocycles. The Morgan fingerprint density at radius 2 is 2.15 bits per heavy atom. The predicted octanol–water partition coefficient (Wildman–Crippen LogP) is 0.445. The van der Waals surface area contributed by atoms with E-state index in [2.05, 4.69) is 0 Å². The number of hydrogen-bond donors (Lipinski definition) is 0. The maximum absolute atomic E-state index is 10.5. The van der Waals surface area contributed by atoms with Crippen molar-refractivity contribution in [3.8, 4) is 0 Å². The fourth-order valence-corrected chi connectivity index (χ4v) is 1.28. The van der Waals surface area contributed by atoms with E-state index in [1.807, 2.05) is 0 Å². The number of carbonyl (C=O) groups is 1. The summed E-state index contributed by atoms with van der Waals surface area (Å²) < 4.78 is 25.7. The number of allylic oxidation sites excluding steroid dienone is 3. The topological polar surface area (TPSA) is 60.4 Å². The molecule has 0 saturated carbocycles. The summed E-state index contributed by atoms with van der Waals surface area (Å²) in [6.45, 7) is 1.29. The fraction of sp³-hybridized carbons (Fsp3) is 0.250. The minimum absolute atomic E-state index is 0.273. The Hall–Kier alpha value is -1.36. The van der Waals surface area contributed by atoms with E-state index in [1.165, 1.54) is 19.1 Å². The number of carbonyl (C=O) groups excluding carboxylic acids is 1. The van der Waals surface area contributed by atoms with Crippen molar-refractivity contribution < 1.29 is 17.9 Å². The SMILES string of the molecule is CC(=O)OC1=CCC(=S(=O)=O)C=C1. The molecule has 5 heteroatoms. The average Bonchev–Trinajstić information content (AvgIpc) is 2.04. The van der Waals surface area contributed by atoms with Gasteiger partial charge in [0.2, 0.25) is 10.3 Å². The number of ether oxygens (including phenoxy) is 1. The second kappa shape index (κ2) is 4.04. The summed E-state index contributed by atoms with van der Waals surface area (Å²) in [5.41, 5.74) is 0. The highest BCUT2D eigenvalue weighted by Crippen LogP contribution is 2.08. The molecule has 0 aromatic rings. The van der Waals surface area contributed by atoms with Crippen LogP contribution in [0.5, 0.6) is 0 Å². The summed E-state index contributed by atoms with van der Waals surface area (Å²) in [7, 11) is -2.18. The maximum atomic E-state index is 10.5. The summed E-state index contributed by atoms with van der Waals surface area (Å²) in [6, 6.07) is 0. The molecule has 0 bridgehead atoms. The van der Waals surface area contributed by atoms with E-state index in [0.29, 0.717) is 5.76 Å². The van der Waals surface area contributed by atoms with E-state index in [0.717, 1.165) is 0 Å². The van der Waals surface area contributed by atoms with Gasteiger partial charge < -0.3 is 4.74 Å². The molecule has 0 radical (unpaired) electrons. The lowest BCUT2D eigenvalue weighted by Gasteiger charge is -2.05. The van der Waals surface area contributed by atoms with Crippen molar-refractivity contribution in [2.75, 3.05) is 0 Å². The smallest absolute Gasteiger partial charge is 0.308 e. The van der Waals surface area contributed by atoms with E-state index < -0.39 is 16.3 Å². The zero-order chi connectivity index (χ0) is 9.84. The predicted molar refractivity (Wildman–Crippen MR) is 47.5 cm³/mol. The van der Waals surface area contributed by atoms with Gasteiger partial charge in [0.15, 0.2) is 0 Å². The number of esters is 1. The lowest BCUT2D eigenvalue weighted by molar-refractivity contribution is -0.136. The molecule has 0 spiro atoms. The van der Waals surface area contributed by atoms with Crippen molar-refractivity contribution in [1.29, 1.82) is 0 Å². The van der Waals surface area contributed by atoms with Gasteiger partial charge in [-0.25, -0.2) is 0 Å². The van der Waals surface area contributed by atoms with Crippen molar-refractivity contribution >= 4 is 21.1 Å². The lowest BCUT2D eigenvalue weighted by Crippen LogP contribution is -2.03. The highest BCUT2D eigenvalue weighted by Gasteiger charge is 2.05. The van der Waals surface area contributed by atoms with Crippen molar-refractivity contribution in [3.63, 3.8) is 0 Å². The standard InChI is InChI=1S/C8H8O4S/c1-6(9)12-7-2-4-8(5-3-7)13(10)11/h2-4H,5H2,1H3. The first-order valence-corrected chi connectivity index (χ1v) is 4.69. The third-order valence-corrected chi connectivity index (χ3v) is 2.14. The van der Waals surface area contributed by atoms with E-state index in [1.54, 1.807) is 6.08 Å². The van der Waals surface area contributed by atoms with E-state index >= 15 is 0 Å². The molecule has 0 N–H and O–H groups in total. The van der Waals surface area contributed by atoms with E-state index in [-0.39, 0.29) is 11.3 Å². The van der Waals surface area contributed by atoms with Crippen LogP contribution in [0.1, 0.15) is 13.3 Å². The monoisotopic (exact) mass is 200 g/mol. The lowest BCUT2D eigenvalue weighted by atomic mass is 10.2. The van der Waals surface area contributed by atoms with Crippen molar-refractivity contribution in [1.82, 2.24) is 0 Å². The van der Waals surface area contributed by atoms with Gasteiger partial charge in [0.1, 0.15) is 5.76 Å². The number of rotatable bonds is 1. The Morgan fingerprint density at radius 1 is 1.46 bits per heavy atom. The molecule has 0 heterocycles. The van der Waals surface area contributed by atoms with Gasteiger partial charge in [-0.05, 0) is 18.2 Å². The Bertz CT molecular complexity index is 403. The molecular formula is C8H8O4S. The van der Waals surface area contributed by atoms with Crippen LogP contribution in [-0.4, -0.2) is 19.3 Å². The fourth-order valence-electron chi connectivity index (χ4n) is 0.878. The van der Waals surface area contributed by atoms with Gasteiger partial charge in [-0.1, -0.05) is 0 Å². The van der Waals surface area contributed by atoms with Gasteiger partial charge in [0, 0.05) is 13.3 Å². The molecule has 0 unspecified atom stereocenters. The van der Waals surface area contributed by atoms with Crippen molar-refractivity contribution in [3.05, 3.63) is 24.0 Å². The molecule has 0 amide bonds. The first kappa shape index (κ1) is 9.73. The third kappa shape index (κ3) is 2.87. The van der Waals surface area contributed by atoms with Gasteiger partial charge >= 0.3 is 5.97 Å². The number of hydrogen-bond acceptors (Lipinski definition) is 4. The van der Waals surface area contributed by atoms with Crippen LogP contribution in [-0.2, 0) is 19.8 Å². The van der Waals surface area contributed by atoms with Gasteiger partial charge in [0.05, 0.1) is 4.86 Å². The molecule has 4 nitrogen and oxygen atoms in total. The van der Waals surface area contributed by atoms with Crippen LogP contribution in [0.2, 0.25) is 0 Å². The molecule has 0 aromatic heterocycles. The Morgan fingerprint density at radius 3 is 2.54 bits per heavy atom. The Balaban J connectivity index is 2.77. The largest absolute Gasteiger partial charge is 0.427 e. The van der Waals surface area contributed by atoms with Gasteiger partial charge in [-0.2, -0.15) is 8.42 Å². The van der Waals surface area contributed by atoms with Crippen LogP contribution >= 0.6 is 0 Å². The minimum Gasteiger partial charge on any atom is -0.427 e. The normalized spacial score (nSPS) is 15.2. The molecule has 70 valence electrons. The second-order valence-corrected chi connectivity index (χ2v) is 3.43. The molecule has 1 rings (SSSR count). The van der Waals surface area contributed by atoms with Crippen LogP contribution in [0.15, 0.2) is 24.0 Å². The summed E-state index contributed by atoms with van der Waals surface area (Å²) in [6.07, 6.45) is 4.69. The Labute approximate surface area is 77.0 Å². The zero-order valence-corrected chi connectivity index (χ0v) is 7.80. The van der Waals surface area contributed by atoms with Crippen LogP contribution < -0.4 is 0 Å². The molecular weight excluding hydrogens is 192 g/mol. The second-order valence-electron chi connectivity index (χ2n) is 2.44. The average molecular weight is 200 g/mol. The highest BCUT2D eigenvalue weighted by atomic mass is 32.2. The van der Waals surface area contributed by atoms with Crippen molar-refractivity contribution in [2.24, 2.45) is 0 Å². The van der Waals surface area contributed by atoms with Crippen LogP contribution in [0.3, 0.4) is 0 Å². The summed E-state index contributed by atoms with van der Waals surface area (Å²) in [5, 5.41) is 0. The first-order valence-electron chi connectivity index (χ1n) is 3.61. The summed E-state index contributed by atoms with van der Waals surface area (Å²) in [4.78, 5) is 10.8. The zero-order valence-electron chi connectivity index (χ0n) is 6.98. The van der Waals surface area contributed by atoms with Gasteiger partial charge in [-0.3, -0.25) is 4.79 Å². The molecule has 1 aliphatic rings. The third-order valence-electron chi connectivity index (χ3n) is 1.41. The van der Waals surface area contributed by atoms with E-state index in [4.69, 9.17) is 4.74 Å². The molecule has 13 heavy (non-hydrogen) atoms. The minimum atomic E-state index is -2.18. The molecule has 0 fully saturated rings. The molecule has 0 atom stereocenters. The molecule has 0 aliphatic heterocycles. The first-order chi connectivity index (χ1) is 6.09. The van der Waals surface area contributed by atoms with Crippen LogP contribution in [0.4, 0.5) is 0 Å².